The normalized spacial score (nSPS) is 26.8. The van der Waals surface area contributed by atoms with E-state index in [1.54, 1.807) is 6.07 Å². The largest absolute Gasteiger partial charge is 0.314 e. The van der Waals surface area contributed by atoms with Crippen LogP contribution in [0.3, 0.4) is 0 Å². The van der Waals surface area contributed by atoms with Gasteiger partial charge in [-0.15, -0.1) is 0 Å². The Hall–Kier alpha value is -0.600. The first-order valence-electron chi connectivity index (χ1n) is 4.85. The molecule has 2 unspecified atom stereocenters. The highest BCUT2D eigenvalue weighted by Gasteiger charge is 2.23. The third-order valence-electron chi connectivity index (χ3n) is 2.75. The van der Waals surface area contributed by atoms with Gasteiger partial charge < -0.3 is 5.32 Å². The third-order valence-corrected chi connectivity index (χ3v) is 3.08. The average Bonchev–Trinajstić information content (AvgIpc) is 2.51. The van der Waals surface area contributed by atoms with Crippen LogP contribution in [0.1, 0.15) is 24.8 Å². The SMILES string of the molecule is CC1CC(c2ccc(F)cc2Cl)CN1. The van der Waals surface area contributed by atoms with Crippen molar-refractivity contribution in [2.24, 2.45) is 0 Å². The second-order valence-electron chi connectivity index (χ2n) is 3.91. The zero-order valence-corrected chi connectivity index (χ0v) is 8.81. The number of rotatable bonds is 1. The Morgan fingerprint density at radius 3 is 2.86 bits per heavy atom. The molecule has 0 amide bonds. The van der Waals surface area contributed by atoms with Gasteiger partial charge in [-0.25, -0.2) is 4.39 Å². The molecule has 1 aromatic rings. The third kappa shape index (κ3) is 1.91. The summed E-state index contributed by atoms with van der Waals surface area (Å²) in [7, 11) is 0. The van der Waals surface area contributed by atoms with Crippen LogP contribution in [0.15, 0.2) is 18.2 Å². The van der Waals surface area contributed by atoms with Gasteiger partial charge in [0.25, 0.3) is 0 Å². The van der Waals surface area contributed by atoms with Gasteiger partial charge in [0, 0.05) is 17.6 Å². The summed E-state index contributed by atoms with van der Waals surface area (Å²) in [5, 5.41) is 3.90. The van der Waals surface area contributed by atoms with E-state index < -0.39 is 0 Å². The Kier molecular flexibility index (Phi) is 2.75. The van der Waals surface area contributed by atoms with Crippen molar-refractivity contribution >= 4 is 11.6 Å². The lowest BCUT2D eigenvalue weighted by molar-refractivity contribution is 0.625. The summed E-state index contributed by atoms with van der Waals surface area (Å²) >= 11 is 5.99. The Morgan fingerprint density at radius 1 is 1.50 bits per heavy atom. The zero-order valence-electron chi connectivity index (χ0n) is 8.06. The predicted octanol–water partition coefficient (Wildman–Crippen LogP) is 2.94. The molecule has 1 aliphatic rings. The fourth-order valence-corrected chi connectivity index (χ4v) is 2.33. The zero-order chi connectivity index (χ0) is 10.1. The summed E-state index contributed by atoms with van der Waals surface area (Å²) in [5.74, 6) is 0.163. The maximum Gasteiger partial charge on any atom is 0.124 e. The summed E-state index contributed by atoms with van der Waals surface area (Å²) in [6, 6.07) is 5.19. The van der Waals surface area contributed by atoms with Crippen LogP contribution >= 0.6 is 11.6 Å². The summed E-state index contributed by atoms with van der Waals surface area (Å²) in [6.45, 7) is 3.09. The molecule has 1 saturated heterocycles. The molecule has 1 fully saturated rings. The van der Waals surface area contributed by atoms with Gasteiger partial charge in [-0.05, 0) is 37.0 Å². The minimum atomic E-state index is -0.266. The number of hydrogen-bond donors (Lipinski definition) is 1. The van der Waals surface area contributed by atoms with Crippen molar-refractivity contribution in [3.05, 3.63) is 34.6 Å². The fraction of sp³-hybridized carbons (Fsp3) is 0.455. The highest BCUT2D eigenvalue weighted by Crippen LogP contribution is 2.31. The van der Waals surface area contributed by atoms with E-state index in [0.717, 1.165) is 18.5 Å². The van der Waals surface area contributed by atoms with E-state index in [2.05, 4.69) is 12.2 Å². The van der Waals surface area contributed by atoms with Crippen LogP contribution in [0.4, 0.5) is 4.39 Å². The number of benzene rings is 1. The van der Waals surface area contributed by atoms with E-state index in [1.165, 1.54) is 12.1 Å². The molecule has 0 spiro atoms. The van der Waals surface area contributed by atoms with Crippen molar-refractivity contribution in [2.45, 2.75) is 25.3 Å². The van der Waals surface area contributed by atoms with E-state index in [4.69, 9.17) is 11.6 Å². The number of halogens is 2. The first-order valence-corrected chi connectivity index (χ1v) is 5.23. The molecule has 1 heterocycles. The molecule has 1 N–H and O–H groups in total. The highest BCUT2D eigenvalue weighted by atomic mass is 35.5. The molecule has 1 aliphatic heterocycles. The second kappa shape index (κ2) is 3.87. The molecule has 1 nitrogen and oxygen atoms in total. The van der Waals surface area contributed by atoms with Crippen molar-refractivity contribution in [2.75, 3.05) is 6.54 Å². The smallest absolute Gasteiger partial charge is 0.124 e. The first-order chi connectivity index (χ1) is 6.66. The summed E-state index contributed by atoms with van der Waals surface area (Å²) in [6.07, 6.45) is 1.07. The van der Waals surface area contributed by atoms with Crippen LogP contribution in [-0.2, 0) is 0 Å². The van der Waals surface area contributed by atoms with E-state index in [0.29, 0.717) is 17.0 Å². The molecule has 76 valence electrons. The lowest BCUT2D eigenvalue weighted by atomic mass is 9.96. The van der Waals surface area contributed by atoms with Gasteiger partial charge in [0.15, 0.2) is 0 Å². The van der Waals surface area contributed by atoms with Gasteiger partial charge in [-0.1, -0.05) is 17.7 Å². The number of hydrogen-bond acceptors (Lipinski definition) is 1. The van der Waals surface area contributed by atoms with Gasteiger partial charge in [-0.3, -0.25) is 0 Å². The Balaban J connectivity index is 2.24. The lowest BCUT2D eigenvalue weighted by Gasteiger charge is -2.10. The fourth-order valence-electron chi connectivity index (χ4n) is 2.01. The molecule has 0 saturated carbocycles. The molecule has 0 bridgehead atoms. The topological polar surface area (TPSA) is 12.0 Å². The minimum Gasteiger partial charge on any atom is -0.314 e. The van der Waals surface area contributed by atoms with Crippen molar-refractivity contribution in [1.82, 2.24) is 5.32 Å². The second-order valence-corrected chi connectivity index (χ2v) is 4.31. The van der Waals surface area contributed by atoms with Crippen molar-refractivity contribution < 1.29 is 4.39 Å². The van der Waals surface area contributed by atoms with E-state index in [1.807, 2.05) is 0 Å². The van der Waals surface area contributed by atoms with E-state index in [9.17, 15) is 4.39 Å². The molecule has 2 rings (SSSR count). The molecular formula is C11H13ClFN. The van der Waals surface area contributed by atoms with Gasteiger partial charge in [-0.2, -0.15) is 0 Å². The maximum atomic E-state index is 12.8. The average molecular weight is 214 g/mol. The molecular weight excluding hydrogens is 201 g/mol. The van der Waals surface area contributed by atoms with Crippen molar-refractivity contribution in [3.8, 4) is 0 Å². The molecule has 0 aliphatic carbocycles. The Bertz CT molecular complexity index is 340. The Labute approximate surface area is 88.3 Å². The van der Waals surface area contributed by atoms with Crippen LogP contribution in [-0.4, -0.2) is 12.6 Å². The molecule has 0 aromatic heterocycles. The first kappa shape index (κ1) is 9.94. The summed E-state index contributed by atoms with van der Waals surface area (Å²) in [4.78, 5) is 0. The highest BCUT2D eigenvalue weighted by molar-refractivity contribution is 6.31. The molecule has 2 atom stereocenters. The standard InChI is InChI=1S/C11H13ClFN/c1-7-4-8(6-14-7)10-3-2-9(13)5-11(10)12/h2-3,5,7-8,14H,4,6H2,1H3. The van der Waals surface area contributed by atoms with Crippen LogP contribution in [0, 0.1) is 5.82 Å². The minimum absolute atomic E-state index is 0.266. The van der Waals surface area contributed by atoms with Gasteiger partial charge in [0.05, 0.1) is 0 Å². The van der Waals surface area contributed by atoms with Gasteiger partial charge in [0.2, 0.25) is 0 Å². The molecule has 0 radical (unpaired) electrons. The summed E-state index contributed by atoms with van der Waals surface area (Å²) in [5.41, 5.74) is 1.06. The van der Waals surface area contributed by atoms with Crippen LogP contribution in [0.25, 0.3) is 0 Å². The van der Waals surface area contributed by atoms with Crippen LogP contribution in [0.5, 0.6) is 0 Å². The quantitative estimate of drug-likeness (QED) is 0.757. The molecule has 1 aromatic carbocycles. The van der Waals surface area contributed by atoms with E-state index >= 15 is 0 Å². The van der Waals surface area contributed by atoms with Crippen LogP contribution < -0.4 is 5.32 Å². The van der Waals surface area contributed by atoms with Gasteiger partial charge >= 0.3 is 0 Å². The number of nitrogens with one attached hydrogen (secondary N) is 1. The molecule has 14 heavy (non-hydrogen) atoms. The lowest BCUT2D eigenvalue weighted by Crippen LogP contribution is -2.16. The van der Waals surface area contributed by atoms with Crippen LogP contribution in [0.2, 0.25) is 5.02 Å². The molecule has 3 heteroatoms. The van der Waals surface area contributed by atoms with Gasteiger partial charge in [0.1, 0.15) is 5.82 Å². The van der Waals surface area contributed by atoms with Crippen molar-refractivity contribution in [1.29, 1.82) is 0 Å². The van der Waals surface area contributed by atoms with E-state index in [-0.39, 0.29) is 5.82 Å². The summed E-state index contributed by atoms with van der Waals surface area (Å²) < 4.78 is 12.8. The predicted molar refractivity (Wildman–Crippen MR) is 56.2 cm³/mol. The monoisotopic (exact) mass is 213 g/mol. The van der Waals surface area contributed by atoms with Crippen molar-refractivity contribution in [3.63, 3.8) is 0 Å². The maximum absolute atomic E-state index is 12.8. The Morgan fingerprint density at radius 2 is 2.29 bits per heavy atom.